The zero-order valence-electron chi connectivity index (χ0n) is 13.8. The van der Waals surface area contributed by atoms with E-state index in [1.165, 1.54) is 74.1 Å². The van der Waals surface area contributed by atoms with Crippen molar-refractivity contribution >= 4 is 11.3 Å². The summed E-state index contributed by atoms with van der Waals surface area (Å²) in [5.74, 6) is 0. The molecule has 0 amide bonds. The van der Waals surface area contributed by atoms with Gasteiger partial charge in [0.25, 0.3) is 0 Å². The molecular formula is C18H30F2OS. The van der Waals surface area contributed by atoms with E-state index in [2.05, 4.69) is 6.92 Å². The number of alkyl halides is 2. The minimum Gasteiger partial charge on any atom is -0.317 e. The van der Waals surface area contributed by atoms with Gasteiger partial charge in [-0.05, 0) is 17.9 Å². The SMILES string of the molecule is CCCCCCCCCCCCCOC(F)(F)c1ccsc1. The van der Waals surface area contributed by atoms with Gasteiger partial charge in [-0.2, -0.15) is 20.1 Å². The molecule has 1 aromatic heterocycles. The van der Waals surface area contributed by atoms with Gasteiger partial charge in [0, 0.05) is 5.38 Å². The lowest BCUT2D eigenvalue weighted by atomic mass is 10.1. The Labute approximate surface area is 138 Å². The number of unbranched alkanes of at least 4 members (excludes halogenated alkanes) is 10. The highest BCUT2D eigenvalue weighted by molar-refractivity contribution is 7.07. The number of hydrogen-bond acceptors (Lipinski definition) is 2. The molecule has 1 heterocycles. The Morgan fingerprint density at radius 1 is 0.909 bits per heavy atom. The Bertz CT molecular complexity index is 352. The molecule has 22 heavy (non-hydrogen) atoms. The number of thiophene rings is 1. The quantitative estimate of drug-likeness (QED) is 0.329. The first-order valence-electron chi connectivity index (χ1n) is 8.71. The van der Waals surface area contributed by atoms with Crippen molar-refractivity contribution in [3.8, 4) is 0 Å². The van der Waals surface area contributed by atoms with Crippen molar-refractivity contribution < 1.29 is 13.5 Å². The van der Waals surface area contributed by atoms with E-state index in [4.69, 9.17) is 4.74 Å². The maximum absolute atomic E-state index is 13.6. The molecule has 128 valence electrons. The van der Waals surface area contributed by atoms with E-state index < -0.39 is 6.11 Å². The van der Waals surface area contributed by atoms with Crippen LogP contribution in [0.2, 0.25) is 0 Å². The summed E-state index contributed by atoms with van der Waals surface area (Å²) < 4.78 is 31.9. The van der Waals surface area contributed by atoms with Crippen LogP contribution in [0, 0.1) is 0 Å². The van der Waals surface area contributed by atoms with E-state index >= 15 is 0 Å². The number of ether oxygens (including phenoxy) is 1. The minimum atomic E-state index is -3.13. The van der Waals surface area contributed by atoms with Crippen LogP contribution >= 0.6 is 11.3 Å². The molecule has 0 fully saturated rings. The maximum atomic E-state index is 13.6. The van der Waals surface area contributed by atoms with Crippen molar-refractivity contribution in [2.45, 2.75) is 83.7 Å². The molecule has 0 radical (unpaired) electrons. The van der Waals surface area contributed by atoms with Crippen LogP contribution in [-0.4, -0.2) is 6.61 Å². The van der Waals surface area contributed by atoms with Crippen LogP contribution in [-0.2, 0) is 10.8 Å². The molecule has 0 N–H and O–H groups in total. The van der Waals surface area contributed by atoms with Gasteiger partial charge in [-0.25, -0.2) is 0 Å². The van der Waals surface area contributed by atoms with E-state index in [1.54, 1.807) is 5.38 Å². The third-order valence-electron chi connectivity index (χ3n) is 3.89. The van der Waals surface area contributed by atoms with Crippen LogP contribution in [0.3, 0.4) is 0 Å². The van der Waals surface area contributed by atoms with Crippen LogP contribution in [0.1, 0.15) is 83.1 Å². The third-order valence-corrected chi connectivity index (χ3v) is 4.57. The van der Waals surface area contributed by atoms with Crippen LogP contribution in [0.5, 0.6) is 0 Å². The van der Waals surface area contributed by atoms with E-state index in [0.29, 0.717) is 0 Å². The van der Waals surface area contributed by atoms with Crippen molar-refractivity contribution in [1.82, 2.24) is 0 Å². The summed E-state index contributed by atoms with van der Waals surface area (Å²) in [5.41, 5.74) is -0.0272. The first-order valence-corrected chi connectivity index (χ1v) is 9.65. The fourth-order valence-electron chi connectivity index (χ4n) is 2.48. The first kappa shape index (κ1) is 19.6. The highest BCUT2D eigenvalue weighted by atomic mass is 32.1. The van der Waals surface area contributed by atoms with E-state index in [1.807, 2.05) is 0 Å². The summed E-state index contributed by atoms with van der Waals surface area (Å²) in [6.45, 7) is 2.37. The smallest absolute Gasteiger partial charge is 0.317 e. The molecule has 1 rings (SSSR count). The lowest BCUT2D eigenvalue weighted by Gasteiger charge is -2.15. The lowest BCUT2D eigenvalue weighted by Crippen LogP contribution is -2.18. The fraction of sp³-hybridized carbons (Fsp3) is 0.778. The summed E-state index contributed by atoms with van der Waals surface area (Å²) in [5, 5.41) is 3.09. The van der Waals surface area contributed by atoms with Crippen LogP contribution < -0.4 is 0 Å². The average Bonchev–Trinajstić information content (AvgIpc) is 3.03. The lowest BCUT2D eigenvalue weighted by molar-refractivity contribution is -0.248. The Kier molecular flexibility index (Phi) is 10.7. The van der Waals surface area contributed by atoms with Gasteiger partial charge in [-0.3, -0.25) is 0 Å². The molecule has 0 aliphatic heterocycles. The molecule has 0 atom stereocenters. The Morgan fingerprint density at radius 2 is 1.45 bits per heavy atom. The Hall–Kier alpha value is -0.480. The van der Waals surface area contributed by atoms with Crippen LogP contribution in [0.25, 0.3) is 0 Å². The molecule has 0 saturated heterocycles. The summed E-state index contributed by atoms with van der Waals surface area (Å²) in [4.78, 5) is 0. The molecule has 0 unspecified atom stereocenters. The van der Waals surface area contributed by atoms with Gasteiger partial charge >= 0.3 is 6.11 Å². The summed E-state index contributed by atoms with van der Waals surface area (Å²) in [6.07, 6.45) is 10.2. The zero-order valence-corrected chi connectivity index (χ0v) is 14.6. The van der Waals surface area contributed by atoms with Gasteiger partial charge in [0.05, 0.1) is 12.2 Å². The van der Waals surface area contributed by atoms with Crippen molar-refractivity contribution in [1.29, 1.82) is 0 Å². The van der Waals surface area contributed by atoms with Crippen molar-refractivity contribution in [2.24, 2.45) is 0 Å². The van der Waals surface area contributed by atoms with E-state index in [-0.39, 0.29) is 12.2 Å². The molecule has 1 nitrogen and oxygen atoms in total. The largest absolute Gasteiger partial charge is 0.384 e. The van der Waals surface area contributed by atoms with Crippen molar-refractivity contribution in [3.05, 3.63) is 22.4 Å². The number of hydrogen-bond donors (Lipinski definition) is 0. The van der Waals surface area contributed by atoms with Crippen molar-refractivity contribution in [2.75, 3.05) is 6.61 Å². The van der Waals surface area contributed by atoms with Gasteiger partial charge in [0.2, 0.25) is 0 Å². The van der Waals surface area contributed by atoms with Crippen LogP contribution in [0.15, 0.2) is 16.8 Å². The van der Waals surface area contributed by atoms with Gasteiger partial charge in [0.15, 0.2) is 0 Å². The van der Waals surface area contributed by atoms with Crippen LogP contribution in [0.4, 0.5) is 8.78 Å². The highest BCUT2D eigenvalue weighted by Crippen LogP contribution is 2.31. The van der Waals surface area contributed by atoms with Gasteiger partial charge in [0.1, 0.15) is 0 Å². The second-order valence-corrected chi connectivity index (χ2v) is 6.69. The molecule has 0 aromatic carbocycles. The summed E-state index contributed by atoms with van der Waals surface area (Å²) in [7, 11) is 0. The van der Waals surface area contributed by atoms with Gasteiger partial charge in [-0.15, -0.1) is 0 Å². The molecule has 0 aliphatic carbocycles. The predicted octanol–water partition coefficient (Wildman–Crippen LogP) is 7.13. The van der Waals surface area contributed by atoms with Gasteiger partial charge in [-0.1, -0.05) is 71.1 Å². The average molecular weight is 332 g/mol. The molecule has 0 aliphatic rings. The normalized spacial score (nSPS) is 12.0. The second kappa shape index (κ2) is 12.0. The Morgan fingerprint density at radius 3 is 1.95 bits per heavy atom. The monoisotopic (exact) mass is 332 g/mol. The summed E-state index contributed by atoms with van der Waals surface area (Å²) in [6, 6.07) is 1.42. The topological polar surface area (TPSA) is 9.23 Å². The molecular weight excluding hydrogens is 302 g/mol. The molecule has 0 spiro atoms. The molecule has 0 bridgehead atoms. The standard InChI is InChI=1S/C18H30F2OS/c1-2-3-4-5-6-7-8-9-10-11-12-14-21-18(19,20)17-13-15-22-16-17/h13,15-16H,2-12,14H2,1H3. The van der Waals surface area contributed by atoms with Crippen molar-refractivity contribution in [3.63, 3.8) is 0 Å². The minimum absolute atomic E-state index is 0.0272. The molecule has 4 heteroatoms. The number of rotatable bonds is 14. The zero-order chi connectivity index (χ0) is 16.1. The Balaban J connectivity index is 1.88. The molecule has 1 aromatic rings. The maximum Gasteiger partial charge on any atom is 0.384 e. The number of halogens is 2. The first-order chi connectivity index (χ1) is 10.7. The highest BCUT2D eigenvalue weighted by Gasteiger charge is 2.32. The predicted molar refractivity (Wildman–Crippen MR) is 90.6 cm³/mol. The summed E-state index contributed by atoms with van der Waals surface area (Å²) >= 11 is 1.27. The van der Waals surface area contributed by atoms with E-state index in [0.717, 1.165) is 19.3 Å². The third kappa shape index (κ3) is 8.84. The van der Waals surface area contributed by atoms with E-state index in [9.17, 15) is 8.78 Å². The van der Waals surface area contributed by atoms with Gasteiger partial charge < -0.3 is 4.74 Å². The second-order valence-electron chi connectivity index (χ2n) is 5.91. The molecule has 0 saturated carbocycles. The fourth-order valence-corrected chi connectivity index (χ4v) is 3.15.